The molecule has 0 unspecified atom stereocenters. The van der Waals surface area contributed by atoms with Gasteiger partial charge >= 0.3 is 12.4 Å². The fraction of sp³-hybridized carbons (Fsp3) is 0.455. The van der Waals surface area contributed by atoms with Gasteiger partial charge in [-0.3, -0.25) is 0 Å². The maximum Gasteiger partial charge on any atom is 0.418 e. The Morgan fingerprint density at radius 3 is 2.30 bits per heavy atom. The lowest BCUT2D eigenvalue weighted by Gasteiger charge is -2.13. The molecule has 0 aliphatic rings. The van der Waals surface area contributed by atoms with E-state index in [0.29, 0.717) is 0 Å². The standard InChI is InChI=1S/C11H12F6N2O/c12-10(13,14)6-20-4-3-19-7-1-2-9(18)8(5-7)11(15,16)17/h1-2,5,19H,3-4,6,18H2. The van der Waals surface area contributed by atoms with Gasteiger partial charge in [-0.2, -0.15) is 26.3 Å². The van der Waals surface area contributed by atoms with Crippen LogP contribution in [0.5, 0.6) is 0 Å². The van der Waals surface area contributed by atoms with Crippen LogP contribution >= 0.6 is 0 Å². The minimum atomic E-state index is -4.59. The van der Waals surface area contributed by atoms with E-state index in [4.69, 9.17) is 5.73 Å². The maximum absolute atomic E-state index is 12.5. The van der Waals surface area contributed by atoms with Crippen LogP contribution in [-0.2, 0) is 10.9 Å². The van der Waals surface area contributed by atoms with E-state index < -0.39 is 30.2 Å². The van der Waals surface area contributed by atoms with E-state index in [1.54, 1.807) is 0 Å². The third kappa shape index (κ3) is 5.55. The molecule has 20 heavy (non-hydrogen) atoms. The predicted octanol–water partition coefficient (Wildman–Crippen LogP) is 3.28. The first-order valence-corrected chi connectivity index (χ1v) is 5.45. The van der Waals surface area contributed by atoms with Gasteiger partial charge in [-0.25, -0.2) is 0 Å². The smallest absolute Gasteiger partial charge is 0.398 e. The molecule has 0 heterocycles. The van der Waals surface area contributed by atoms with Gasteiger partial charge in [0.2, 0.25) is 0 Å². The number of rotatable bonds is 5. The Labute approximate surface area is 110 Å². The topological polar surface area (TPSA) is 47.3 Å². The van der Waals surface area contributed by atoms with Crippen molar-refractivity contribution in [1.82, 2.24) is 0 Å². The zero-order valence-corrected chi connectivity index (χ0v) is 10.1. The van der Waals surface area contributed by atoms with Gasteiger partial charge in [0.1, 0.15) is 6.61 Å². The number of hydrogen-bond donors (Lipinski definition) is 2. The number of halogens is 6. The molecule has 1 rings (SSSR count). The number of hydrogen-bond acceptors (Lipinski definition) is 3. The summed E-state index contributed by atoms with van der Waals surface area (Å²) in [5, 5.41) is 2.52. The van der Waals surface area contributed by atoms with Crippen LogP contribution in [0.3, 0.4) is 0 Å². The van der Waals surface area contributed by atoms with E-state index in [0.717, 1.165) is 12.1 Å². The van der Waals surface area contributed by atoms with Crippen molar-refractivity contribution < 1.29 is 31.1 Å². The number of anilines is 2. The Hall–Kier alpha value is -1.64. The summed E-state index contributed by atoms with van der Waals surface area (Å²) in [6.07, 6.45) is -9.01. The highest BCUT2D eigenvalue weighted by atomic mass is 19.4. The third-order valence-electron chi connectivity index (χ3n) is 2.20. The SMILES string of the molecule is Nc1ccc(NCCOCC(F)(F)F)cc1C(F)(F)F. The monoisotopic (exact) mass is 302 g/mol. The molecule has 1 aromatic carbocycles. The van der Waals surface area contributed by atoms with Crippen LogP contribution in [0.1, 0.15) is 5.56 Å². The lowest BCUT2D eigenvalue weighted by atomic mass is 10.1. The highest BCUT2D eigenvalue weighted by molar-refractivity contribution is 5.58. The maximum atomic E-state index is 12.5. The van der Waals surface area contributed by atoms with Gasteiger partial charge in [-0.15, -0.1) is 0 Å². The zero-order valence-electron chi connectivity index (χ0n) is 10.1. The van der Waals surface area contributed by atoms with E-state index >= 15 is 0 Å². The summed E-state index contributed by atoms with van der Waals surface area (Å²) in [6, 6.07) is 3.16. The molecule has 0 bridgehead atoms. The zero-order chi connectivity index (χ0) is 15.4. The lowest BCUT2D eigenvalue weighted by Crippen LogP contribution is -2.20. The van der Waals surface area contributed by atoms with Crippen molar-refractivity contribution in [2.45, 2.75) is 12.4 Å². The molecule has 0 saturated heterocycles. The predicted molar refractivity (Wildman–Crippen MR) is 61.2 cm³/mol. The van der Waals surface area contributed by atoms with Crippen molar-refractivity contribution in [3.05, 3.63) is 23.8 Å². The molecule has 0 radical (unpaired) electrons. The number of nitrogens with two attached hydrogens (primary N) is 1. The minimum absolute atomic E-state index is 0.0582. The summed E-state index contributed by atoms with van der Waals surface area (Å²) in [5.41, 5.74) is 3.88. The summed E-state index contributed by atoms with van der Waals surface area (Å²) in [6.45, 7) is -1.74. The number of benzene rings is 1. The Morgan fingerprint density at radius 2 is 1.75 bits per heavy atom. The Balaban J connectivity index is 2.49. The summed E-state index contributed by atoms with van der Waals surface area (Å²) >= 11 is 0. The molecule has 1 aromatic rings. The fourth-order valence-corrected chi connectivity index (χ4v) is 1.37. The van der Waals surface area contributed by atoms with Gasteiger partial charge in [0.25, 0.3) is 0 Å². The number of alkyl halides is 6. The van der Waals surface area contributed by atoms with E-state index in [1.807, 2.05) is 0 Å². The van der Waals surface area contributed by atoms with Gasteiger partial charge in [0, 0.05) is 17.9 Å². The molecule has 0 amide bonds. The molecule has 0 aliphatic heterocycles. The number of ether oxygens (including phenoxy) is 1. The summed E-state index contributed by atoms with van der Waals surface area (Å²) in [5.74, 6) is 0. The third-order valence-corrected chi connectivity index (χ3v) is 2.20. The molecule has 3 N–H and O–H groups in total. The molecule has 3 nitrogen and oxygen atoms in total. The summed E-state index contributed by atoms with van der Waals surface area (Å²) < 4.78 is 77.2. The van der Waals surface area contributed by atoms with Crippen LogP contribution in [-0.4, -0.2) is 25.9 Å². The second-order valence-corrected chi connectivity index (χ2v) is 3.89. The minimum Gasteiger partial charge on any atom is -0.398 e. The molecule has 9 heteroatoms. The van der Waals surface area contributed by atoms with E-state index in [1.165, 1.54) is 6.07 Å². The molecule has 0 aromatic heterocycles. The molecule has 0 atom stereocenters. The molecule has 0 fully saturated rings. The summed E-state index contributed by atoms with van der Waals surface area (Å²) in [7, 11) is 0. The first kappa shape index (κ1) is 16.4. The van der Waals surface area contributed by atoms with Crippen molar-refractivity contribution in [2.24, 2.45) is 0 Å². The van der Waals surface area contributed by atoms with Crippen molar-refractivity contribution in [1.29, 1.82) is 0 Å². The highest BCUT2D eigenvalue weighted by Crippen LogP contribution is 2.35. The molecule has 0 aliphatic carbocycles. The second-order valence-electron chi connectivity index (χ2n) is 3.89. The number of nitrogens with one attached hydrogen (secondary N) is 1. The van der Waals surface area contributed by atoms with E-state index in [9.17, 15) is 26.3 Å². The quantitative estimate of drug-likeness (QED) is 0.498. The first-order chi connectivity index (χ1) is 9.09. The van der Waals surface area contributed by atoms with Crippen molar-refractivity contribution in [3.63, 3.8) is 0 Å². The Bertz CT molecular complexity index is 444. The van der Waals surface area contributed by atoms with Crippen molar-refractivity contribution >= 4 is 11.4 Å². The molecular formula is C11H12F6N2O. The first-order valence-electron chi connectivity index (χ1n) is 5.45. The van der Waals surface area contributed by atoms with Gasteiger partial charge in [-0.05, 0) is 18.2 Å². The molecular weight excluding hydrogens is 290 g/mol. The molecule has 0 saturated carbocycles. The average Bonchev–Trinajstić information content (AvgIpc) is 2.27. The molecule has 0 spiro atoms. The largest absolute Gasteiger partial charge is 0.418 e. The number of nitrogen functional groups attached to an aromatic ring is 1. The molecule has 114 valence electrons. The fourth-order valence-electron chi connectivity index (χ4n) is 1.37. The summed E-state index contributed by atoms with van der Waals surface area (Å²) in [4.78, 5) is 0. The normalized spacial score (nSPS) is 12.5. The van der Waals surface area contributed by atoms with Gasteiger partial charge in [0.05, 0.1) is 12.2 Å². The van der Waals surface area contributed by atoms with Crippen molar-refractivity contribution in [3.8, 4) is 0 Å². The van der Waals surface area contributed by atoms with Crippen molar-refractivity contribution in [2.75, 3.05) is 30.8 Å². The lowest BCUT2D eigenvalue weighted by molar-refractivity contribution is -0.172. The van der Waals surface area contributed by atoms with Crippen LogP contribution in [0.25, 0.3) is 0 Å². The Morgan fingerprint density at radius 1 is 1.10 bits per heavy atom. The van der Waals surface area contributed by atoms with Gasteiger partial charge < -0.3 is 15.8 Å². The van der Waals surface area contributed by atoms with Gasteiger partial charge in [-0.1, -0.05) is 0 Å². The van der Waals surface area contributed by atoms with E-state index in [-0.39, 0.29) is 18.8 Å². The second kappa shape index (κ2) is 6.21. The average molecular weight is 302 g/mol. The van der Waals surface area contributed by atoms with Gasteiger partial charge in [0.15, 0.2) is 0 Å². The van der Waals surface area contributed by atoms with Crippen LogP contribution in [0, 0.1) is 0 Å². The van der Waals surface area contributed by atoms with Crippen LogP contribution in [0.2, 0.25) is 0 Å². The van der Waals surface area contributed by atoms with E-state index in [2.05, 4.69) is 10.1 Å². The highest BCUT2D eigenvalue weighted by Gasteiger charge is 2.33. The van der Waals surface area contributed by atoms with Crippen LogP contribution < -0.4 is 11.1 Å². The van der Waals surface area contributed by atoms with Crippen LogP contribution in [0.15, 0.2) is 18.2 Å². The Kier molecular flexibility index (Phi) is 5.09. The van der Waals surface area contributed by atoms with Crippen LogP contribution in [0.4, 0.5) is 37.7 Å².